The Balaban J connectivity index is 1.43. The molecule has 0 bridgehead atoms. The van der Waals surface area contributed by atoms with Crippen molar-refractivity contribution >= 4 is 11.7 Å². The van der Waals surface area contributed by atoms with Crippen molar-refractivity contribution < 1.29 is 27.8 Å². The van der Waals surface area contributed by atoms with E-state index in [2.05, 4.69) is 10.00 Å². The van der Waals surface area contributed by atoms with Crippen molar-refractivity contribution in [3.63, 3.8) is 0 Å². The first kappa shape index (κ1) is 22.6. The number of ether oxygens (including phenoxy) is 1. The number of rotatable bonds is 4. The molecule has 0 radical (unpaired) electrons. The Bertz CT molecular complexity index is 935. The number of carbonyl (C=O) groups is 1. The Hall–Kier alpha value is -2.63. The number of aromatic nitrogens is 2. The molecule has 2 aromatic rings. The van der Waals surface area contributed by atoms with Gasteiger partial charge in [0.1, 0.15) is 0 Å². The fraction of sp³-hybridized carbons (Fsp3) is 0.524. The molecule has 1 aromatic carbocycles. The number of alkyl halides is 3. The van der Waals surface area contributed by atoms with Gasteiger partial charge >= 0.3 is 12.2 Å². The number of aliphatic hydroxyl groups excluding tert-OH is 1. The maximum atomic E-state index is 13.3. The summed E-state index contributed by atoms with van der Waals surface area (Å²) in [5, 5.41) is 13.2. The lowest BCUT2D eigenvalue weighted by Crippen LogP contribution is -2.49. The average Bonchev–Trinajstić information content (AvgIpc) is 3.29. The van der Waals surface area contributed by atoms with Crippen molar-refractivity contribution in [3.05, 3.63) is 47.3 Å². The molecule has 0 aliphatic carbocycles. The van der Waals surface area contributed by atoms with Gasteiger partial charge in [-0.2, -0.15) is 23.0 Å². The highest BCUT2D eigenvalue weighted by atomic mass is 19.4. The number of benzene rings is 1. The van der Waals surface area contributed by atoms with Gasteiger partial charge < -0.3 is 19.6 Å². The van der Waals surface area contributed by atoms with Crippen LogP contribution in [-0.4, -0.2) is 83.2 Å². The van der Waals surface area contributed by atoms with Crippen LogP contribution in [0, 0.1) is 0 Å². The number of nitrogens with zero attached hydrogens (tertiary/aromatic N) is 5. The molecule has 4 rings (SSSR count). The maximum Gasteiger partial charge on any atom is 0.416 e. The molecule has 8 nitrogen and oxygen atoms in total. The third-order valence-corrected chi connectivity index (χ3v) is 5.80. The lowest BCUT2D eigenvalue weighted by Gasteiger charge is -2.36. The van der Waals surface area contributed by atoms with E-state index in [-0.39, 0.29) is 12.6 Å². The van der Waals surface area contributed by atoms with E-state index in [9.17, 15) is 18.0 Å². The van der Waals surface area contributed by atoms with Crippen molar-refractivity contribution in [1.29, 1.82) is 0 Å². The van der Waals surface area contributed by atoms with E-state index in [1.165, 1.54) is 16.9 Å². The van der Waals surface area contributed by atoms with Crippen molar-refractivity contribution in [2.24, 2.45) is 0 Å². The van der Waals surface area contributed by atoms with E-state index >= 15 is 0 Å². The summed E-state index contributed by atoms with van der Waals surface area (Å²) in [5.41, 5.74) is 1.20. The zero-order chi connectivity index (χ0) is 22.7. The highest BCUT2D eigenvalue weighted by molar-refractivity contribution is 5.76. The number of aliphatic hydroxyl groups is 1. The molecule has 2 aliphatic rings. The quantitative estimate of drug-likeness (QED) is 0.764. The maximum absolute atomic E-state index is 13.3. The minimum atomic E-state index is -4.39. The van der Waals surface area contributed by atoms with Crippen molar-refractivity contribution in [2.75, 3.05) is 57.4 Å². The molecule has 174 valence electrons. The van der Waals surface area contributed by atoms with Crippen LogP contribution in [0.2, 0.25) is 0 Å². The summed E-state index contributed by atoms with van der Waals surface area (Å²) in [6, 6.07) is 5.26. The number of carbonyl (C=O) groups excluding carboxylic acids is 1. The monoisotopic (exact) mass is 453 g/mol. The molecule has 1 aromatic heterocycles. The first-order chi connectivity index (χ1) is 15.3. The summed E-state index contributed by atoms with van der Waals surface area (Å²) in [4.78, 5) is 18.4. The van der Waals surface area contributed by atoms with Gasteiger partial charge in [-0.05, 0) is 23.8 Å². The summed E-state index contributed by atoms with van der Waals surface area (Å²) in [5.74, 6) is 0. The van der Waals surface area contributed by atoms with Gasteiger partial charge in [0.05, 0.1) is 31.1 Å². The predicted octanol–water partition coefficient (Wildman–Crippen LogP) is 2.02. The lowest BCUT2D eigenvalue weighted by atomic mass is 10.1. The average molecular weight is 453 g/mol. The van der Waals surface area contributed by atoms with E-state index < -0.39 is 11.7 Å². The van der Waals surface area contributed by atoms with Gasteiger partial charge in [0.15, 0.2) is 0 Å². The second-order valence-electron chi connectivity index (χ2n) is 7.90. The summed E-state index contributed by atoms with van der Waals surface area (Å²) in [6.45, 7) is 4.53. The Morgan fingerprint density at radius 1 is 1.06 bits per heavy atom. The summed E-state index contributed by atoms with van der Waals surface area (Å²) < 4.78 is 46.5. The Labute approximate surface area is 183 Å². The van der Waals surface area contributed by atoms with Crippen LogP contribution >= 0.6 is 0 Å². The molecule has 0 unspecified atom stereocenters. The molecule has 2 fully saturated rings. The highest BCUT2D eigenvalue weighted by Crippen LogP contribution is 2.34. The van der Waals surface area contributed by atoms with Gasteiger partial charge in [-0.1, -0.05) is 6.07 Å². The van der Waals surface area contributed by atoms with Gasteiger partial charge in [0.25, 0.3) is 0 Å². The first-order valence-corrected chi connectivity index (χ1v) is 10.5. The van der Waals surface area contributed by atoms with E-state index in [1.54, 1.807) is 17.0 Å². The molecule has 0 spiro atoms. The molecule has 0 atom stereocenters. The molecule has 32 heavy (non-hydrogen) atoms. The Kier molecular flexibility index (Phi) is 6.68. The topological polar surface area (TPSA) is 74.1 Å². The molecule has 2 saturated heterocycles. The van der Waals surface area contributed by atoms with Crippen LogP contribution < -0.4 is 4.90 Å². The number of morpholine rings is 1. The summed E-state index contributed by atoms with van der Waals surface area (Å²) >= 11 is 0. The number of halogens is 3. The molecule has 3 heterocycles. The van der Waals surface area contributed by atoms with E-state index in [1.807, 2.05) is 4.90 Å². The lowest BCUT2D eigenvalue weighted by molar-refractivity contribution is -0.137. The van der Waals surface area contributed by atoms with Gasteiger partial charge in [0.2, 0.25) is 0 Å². The van der Waals surface area contributed by atoms with E-state index in [0.717, 1.165) is 11.6 Å². The third kappa shape index (κ3) is 5.05. The van der Waals surface area contributed by atoms with Gasteiger partial charge in [-0.25, -0.2) is 4.79 Å². The SMILES string of the molecule is O=C(N1CCN(Cc2ccc(C(F)(F)F)cc2N2CCOCC2)CC1)n1ccc(CO)n1. The number of piperazine rings is 1. The van der Waals surface area contributed by atoms with Crippen LogP contribution in [0.15, 0.2) is 30.5 Å². The molecule has 11 heteroatoms. The van der Waals surface area contributed by atoms with E-state index in [0.29, 0.717) is 70.4 Å². The van der Waals surface area contributed by atoms with Crippen LogP contribution in [0.4, 0.5) is 23.7 Å². The Morgan fingerprint density at radius 2 is 1.78 bits per heavy atom. The van der Waals surface area contributed by atoms with Gasteiger partial charge in [-0.3, -0.25) is 4.90 Å². The second kappa shape index (κ2) is 9.47. The second-order valence-corrected chi connectivity index (χ2v) is 7.90. The van der Waals surface area contributed by atoms with Crippen LogP contribution in [0.1, 0.15) is 16.8 Å². The standard InChI is InChI=1S/C21H26F3N5O3/c22-21(23,24)17-2-1-16(19(13-17)27-9-11-32-12-10-27)14-26-5-7-28(8-6-26)20(31)29-4-3-18(15-30)25-29/h1-4,13,30H,5-12,14-15H2. The predicted molar refractivity (Wildman–Crippen MR) is 110 cm³/mol. The Morgan fingerprint density at radius 3 is 2.41 bits per heavy atom. The molecule has 1 N–H and O–H groups in total. The zero-order valence-electron chi connectivity index (χ0n) is 17.6. The van der Waals surface area contributed by atoms with Crippen LogP contribution in [-0.2, 0) is 24.1 Å². The smallest absolute Gasteiger partial charge is 0.390 e. The molecule has 1 amide bonds. The number of hydrogen-bond acceptors (Lipinski definition) is 6. The minimum Gasteiger partial charge on any atom is -0.390 e. The van der Waals surface area contributed by atoms with Crippen LogP contribution in [0.25, 0.3) is 0 Å². The molecule has 0 saturated carbocycles. The third-order valence-electron chi connectivity index (χ3n) is 5.80. The van der Waals surface area contributed by atoms with Crippen molar-refractivity contribution in [3.8, 4) is 0 Å². The van der Waals surface area contributed by atoms with Crippen molar-refractivity contribution in [1.82, 2.24) is 19.6 Å². The first-order valence-electron chi connectivity index (χ1n) is 10.5. The van der Waals surface area contributed by atoms with Gasteiger partial charge in [-0.15, -0.1) is 0 Å². The molecular weight excluding hydrogens is 427 g/mol. The number of hydrogen-bond donors (Lipinski definition) is 1. The fourth-order valence-corrected chi connectivity index (χ4v) is 4.01. The number of amides is 1. The highest BCUT2D eigenvalue weighted by Gasteiger charge is 2.32. The van der Waals surface area contributed by atoms with Crippen LogP contribution in [0.3, 0.4) is 0 Å². The van der Waals surface area contributed by atoms with Gasteiger partial charge in [0, 0.05) is 57.7 Å². The van der Waals surface area contributed by atoms with E-state index in [4.69, 9.17) is 9.84 Å². The van der Waals surface area contributed by atoms with Crippen molar-refractivity contribution in [2.45, 2.75) is 19.3 Å². The normalized spacial score (nSPS) is 18.2. The molecule has 2 aliphatic heterocycles. The number of anilines is 1. The zero-order valence-corrected chi connectivity index (χ0v) is 17.6. The van der Waals surface area contributed by atoms with Crippen LogP contribution in [0.5, 0.6) is 0 Å². The summed E-state index contributed by atoms with van der Waals surface area (Å²) in [6.07, 6.45) is -2.87. The fourth-order valence-electron chi connectivity index (χ4n) is 4.01. The molecular formula is C21H26F3N5O3. The summed E-state index contributed by atoms with van der Waals surface area (Å²) in [7, 11) is 0. The minimum absolute atomic E-state index is 0.230. The largest absolute Gasteiger partial charge is 0.416 e.